The molecule has 20 heavy (non-hydrogen) atoms. The van der Waals surface area contributed by atoms with E-state index in [4.69, 9.17) is 0 Å². The Balaban J connectivity index is 2.76. The molecule has 1 atom stereocenters. The van der Waals surface area contributed by atoms with Crippen LogP contribution in [-0.4, -0.2) is 30.4 Å². The summed E-state index contributed by atoms with van der Waals surface area (Å²) in [7, 11) is 0. The zero-order valence-electron chi connectivity index (χ0n) is 10.0. The van der Waals surface area contributed by atoms with Crippen molar-refractivity contribution in [2.45, 2.75) is 24.4 Å². The van der Waals surface area contributed by atoms with Crippen molar-refractivity contribution in [2.24, 2.45) is 0 Å². The molecular weight excluding hydrogens is 354 g/mol. The summed E-state index contributed by atoms with van der Waals surface area (Å²) < 4.78 is 78.0. The molecular formula is C12H11BrF6O. The minimum Gasteiger partial charge on any atom is -0.360 e. The fraction of sp³-hybridized carbons (Fsp3) is 0.500. The Morgan fingerprint density at radius 1 is 0.950 bits per heavy atom. The molecule has 1 rings (SSSR count). The van der Waals surface area contributed by atoms with Gasteiger partial charge in [0.15, 0.2) is 0 Å². The summed E-state index contributed by atoms with van der Waals surface area (Å²) in [5.74, 6) is -0.594. The summed E-state index contributed by atoms with van der Waals surface area (Å²) >= 11 is 3.06. The van der Waals surface area contributed by atoms with E-state index in [1.807, 2.05) is 0 Å². The predicted molar refractivity (Wildman–Crippen MR) is 64.8 cm³/mol. The molecule has 0 spiro atoms. The van der Waals surface area contributed by atoms with E-state index in [9.17, 15) is 26.3 Å². The fourth-order valence-corrected chi connectivity index (χ4v) is 2.10. The highest BCUT2D eigenvalue weighted by Gasteiger charge is 2.58. The Hall–Kier alpha value is -0.760. The van der Waals surface area contributed by atoms with Gasteiger partial charge in [0.1, 0.15) is 0 Å². The number of hydrogen-bond donors (Lipinski definition) is 0. The molecule has 0 saturated carbocycles. The van der Waals surface area contributed by atoms with Gasteiger partial charge in [0, 0.05) is 11.2 Å². The first-order valence-corrected chi connectivity index (χ1v) is 6.64. The Kier molecular flexibility index (Phi) is 5.88. The summed E-state index contributed by atoms with van der Waals surface area (Å²) in [5.41, 5.74) is 0.604. The summed E-state index contributed by atoms with van der Waals surface area (Å²) in [5, 5.41) is 0.194. The smallest absolute Gasteiger partial charge is 0.360 e. The van der Waals surface area contributed by atoms with Crippen LogP contribution in [0.3, 0.4) is 0 Å². The molecule has 0 aliphatic heterocycles. The van der Waals surface area contributed by atoms with E-state index in [1.54, 1.807) is 30.3 Å². The van der Waals surface area contributed by atoms with Crippen LogP contribution in [0, 0.1) is 0 Å². The van der Waals surface area contributed by atoms with Crippen LogP contribution in [0.25, 0.3) is 0 Å². The zero-order chi connectivity index (χ0) is 15.4. The summed E-state index contributed by atoms with van der Waals surface area (Å²) in [6.07, 6.45) is -14.7. The summed E-state index contributed by atoms with van der Waals surface area (Å²) in [4.78, 5) is 0. The number of ether oxygens (including phenoxy) is 1. The molecule has 1 aromatic rings. The third-order valence-corrected chi connectivity index (χ3v) is 3.30. The predicted octanol–water partition coefficient (Wildman–Crippen LogP) is 4.67. The fourth-order valence-electron chi connectivity index (χ4n) is 1.54. The second kappa shape index (κ2) is 6.80. The molecule has 0 N–H and O–H groups in total. The topological polar surface area (TPSA) is 9.23 Å². The highest BCUT2D eigenvalue weighted by molar-refractivity contribution is 9.09. The van der Waals surface area contributed by atoms with Crippen LogP contribution in [-0.2, 0) is 4.74 Å². The molecule has 1 nitrogen and oxygen atoms in total. The van der Waals surface area contributed by atoms with E-state index in [2.05, 4.69) is 20.7 Å². The maximum absolute atomic E-state index is 12.3. The molecule has 0 bridgehead atoms. The van der Waals surface area contributed by atoms with Crippen LogP contribution in [0.4, 0.5) is 26.3 Å². The van der Waals surface area contributed by atoms with Crippen molar-refractivity contribution in [3.8, 4) is 0 Å². The van der Waals surface area contributed by atoms with Gasteiger partial charge in [-0.05, 0) is 5.56 Å². The highest BCUT2D eigenvalue weighted by atomic mass is 79.9. The minimum atomic E-state index is -5.48. The zero-order valence-corrected chi connectivity index (χ0v) is 11.6. The van der Waals surface area contributed by atoms with E-state index in [1.165, 1.54) is 0 Å². The molecule has 1 unspecified atom stereocenters. The van der Waals surface area contributed by atoms with Crippen LogP contribution in [0.2, 0.25) is 0 Å². The van der Waals surface area contributed by atoms with Crippen LogP contribution < -0.4 is 0 Å². The third-order valence-electron chi connectivity index (χ3n) is 2.52. The van der Waals surface area contributed by atoms with Crippen molar-refractivity contribution in [3.05, 3.63) is 35.9 Å². The molecule has 8 heteroatoms. The van der Waals surface area contributed by atoms with Gasteiger partial charge in [-0.1, -0.05) is 46.3 Å². The van der Waals surface area contributed by atoms with E-state index >= 15 is 0 Å². The Morgan fingerprint density at radius 3 is 1.85 bits per heavy atom. The van der Waals surface area contributed by atoms with E-state index in [0.717, 1.165) is 0 Å². The first-order valence-electron chi connectivity index (χ1n) is 5.52. The molecule has 0 radical (unpaired) electrons. The van der Waals surface area contributed by atoms with E-state index in [0.29, 0.717) is 5.56 Å². The van der Waals surface area contributed by atoms with Gasteiger partial charge >= 0.3 is 12.4 Å². The quantitative estimate of drug-likeness (QED) is 0.544. The molecule has 0 saturated heterocycles. The maximum Gasteiger partial charge on any atom is 0.423 e. The Bertz CT molecular complexity index is 389. The van der Waals surface area contributed by atoms with Gasteiger partial charge < -0.3 is 4.74 Å². The highest BCUT2D eigenvalue weighted by Crippen LogP contribution is 2.36. The van der Waals surface area contributed by atoms with E-state index in [-0.39, 0.29) is 5.33 Å². The monoisotopic (exact) mass is 364 g/mol. The number of halogens is 7. The maximum atomic E-state index is 12.3. The summed E-state index contributed by atoms with van der Waals surface area (Å²) in [6, 6.07) is 8.23. The van der Waals surface area contributed by atoms with Crippen LogP contribution in [0.1, 0.15) is 11.5 Å². The minimum absolute atomic E-state index is 0.194. The number of benzene rings is 1. The van der Waals surface area contributed by atoms with Crippen molar-refractivity contribution < 1.29 is 31.1 Å². The van der Waals surface area contributed by atoms with Crippen LogP contribution in [0.5, 0.6) is 0 Å². The Morgan fingerprint density at radius 2 is 1.45 bits per heavy atom. The average Bonchev–Trinajstić information content (AvgIpc) is 2.32. The van der Waals surface area contributed by atoms with Crippen molar-refractivity contribution in [1.82, 2.24) is 0 Å². The van der Waals surface area contributed by atoms with Gasteiger partial charge in [-0.2, -0.15) is 26.3 Å². The number of alkyl halides is 7. The van der Waals surface area contributed by atoms with Gasteiger partial charge in [-0.3, -0.25) is 0 Å². The van der Waals surface area contributed by atoms with Gasteiger partial charge in [0.05, 0.1) is 6.61 Å². The molecule has 0 fully saturated rings. The second-order valence-electron chi connectivity index (χ2n) is 4.06. The third kappa shape index (κ3) is 4.97. The largest absolute Gasteiger partial charge is 0.423 e. The molecule has 0 aromatic heterocycles. The molecule has 1 aromatic carbocycles. The molecule has 0 aliphatic carbocycles. The lowest BCUT2D eigenvalue weighted by molar-refractivity contribution is -0.322. The average molecular weight is 365 g/mol. The number of rotatable bonds is 5. The van der Waals surface area contributed by atoms with Crippen LogP contribution in [0.15, 0.2) is 30.3 Å². The summed E-state index contributed by atoms with van der Waals surface area (Å²) in [6.45, 7) is -0.682. The lowest BCUT2D eigenvalue weighted by Gasteiger charge is -2.25. The standard InChI is InChI=1S/C12H11BrF6O/c13-6-9(8-4-2-1-3-5-8)7-20-10(11(14,15)16)12(17,18)19/h1-5,9-10H,6-7H2. The molecule has 0 heterocycles. The SMILES string of the molecule is FC(F)(F)C(OCC(CBr)c1ccccc1)C(F)(F)F. The number of hydrogen-bond acceptors (Lipinski definition) is 1. The van der Waals surface area contributed by atoms with Crippen molar-refractivity contribution in [2.75, 3.05) is 11.9 Å². The van der Waals surface area contributed by atoms with Crippen molar-refractivity contribution in [3.63, 3.8) is 0 Å². The second-order valence-corrected chi connectivity index (χ2v) is 4.71. The van der Waals surface area contributed by atoms with Gasteiger partial charge in [-0.15, -0.1) is 0 Å². The van der Waals surface area contributed by atoms with Gasteiger partial charge in [0.25, 0.3) is 0 Å². The first-order chi connectivity index (χ1) is 9.16. The van der Waals surface area contributed by atoms with E-state index < -0.39 is 31.0 Å². The lowest BCUT2D eigenvalue weighted by Crippen LogP contribution is -2.45. The molecule has 0 amide bonds. The van der Waals surface area contributed by atoms with Gasteiger partial charge in [0.2, 0.25) is 6.10 Å². The van der Waals surface area contributed by atoms with Crippen molar-refractivity contribution in [1.29, 1.82) is 0 Å². The Labute approximate surface area is 120 Å². The normalized spacial score (nSPS) is 14.6. The van der Waals surface area contributed by atoms with Gasteiger partial charge in [-0.25, -0.2) is 0 Å². The molecule has 114 valence electrons. The lowest BCUT2D eigenvalue weighted by atomic mass is 10.0. The molecule has 0 aliphatic rings. The first kappa shape index (κ1) is 17.3. The van der Waals surface area contributed by atoms with Crippen molar-refractivity contribution >= 4 is 15.9 Å². The van der Waals surface area contributed by atoms with Crippen LogP contribution >= 0.6 is 15.9 Å².